The summed E-state index contributed by atoms with van der Waals surface area (Å²) < 4.78 is 0. The number of rotatable bonds is 2. The zero-order valence-electron chi connectivity index (χ0n) is 9.93. The highest BCUT2D eigenvalue weighted by atomic mass is 16.2. The molecule has 17 heavy (non-hydrogen) atoms. The Morgan fingerprint density at radius 3 is 2.65 bits per heavy atom. The van der Waals surface area contributed by atoms with Crippen LogP contribution in [0.5, 0.6) is 0 Å². The molecule has 3 heteroatoms. The minimum Gasteiger partial charge on any atom is -0.342 e. The molecular weight excluding hydrogens is 212 g/mol. The Balaban J connectivity index is 1.63. The summed E-state index contributed by atoms with van der Waals surface area (Å²) in [7, 11) is 0. The van der Waals surface area contributed by atoms with Crippen LogP contribution in [0.2, 0.25) is 0 Å². The predicted molar refractivity (Wildman–Crippen MR) is 66.7 cm³/mol. The molecule has 2 heterocycles. The van der Waals surface area contributed by atoms with Gasteiger partial charge in [0.15, 0.2) is 0 Å². The average Bonchev–Trinajstić information content (AvgIpc) is 2.77. The van der Waals surface area contributed by atoms with Crippen LogP contribution in [0.15, 0.2) is 30.3 Å². The van der Waals surface area contributed by atoms with E-state index in [4.69, 9.17) is 0 Å². The first-order chi connectivity index (χ1) is 8.34. The van der Waals surface area contributed by atoms with Crippen molar-refractivity contribution in [3.8, 4) is 0 Å². The van der Waals surface area contributed by atoms with E-state index < -0.39 is 0 Å². The molecule has 1 amide bonds. The van der Waals surface area contributed by atoms with Crippen molar-refractivity contribution in [3.05, 3.63) is 35.9 Å². The molecule has 1 aromatic rings. The lowest BCUT2D eigenvalue weighted by Crippen LogP contribution is -2.51. The second-order valence-corrected chi connectivity index (χ2v) is 5.04. The van der Waals surface area contributed by atoms with Crippen molar-refractivity contribution < 1.29 is 4.79 Å². The number of benzene rings is 1. The second kappa shape index (κ2) is 4.49. The molecule has 2 fully saturated rings. The van der Waals surface area contributed by atoms with Gasteiger partial charge >= 0.3 is 0 Å². The number of nitrogens with zero attached hydrogens (tertiary/aromatic N) is 1. The van der Waals surface area contributed by atoms with Crippen LogP contribution in [0.25, 0.3) is 0 Å². The van der Waals surface area contributed by atoms with Gasteiger partial charge in [-0.15, -0.1) is 0 Å². The van der Waals surface area contributed by atoms with Crippen LogP contribution in [-0.2, 0) is 4.79 Å². The predicted octanol–water partition coefficient (Wildman–Crippen LogP) is 1.22. The largest absolute Gasteiger partial charge is 0.342 e. The normalized spacial score (nSPS) is 24.7. The van der Waals surface area contributed by atoms with Crippen molar-refractivity contribution in [1.82, 2.24) is 10.2 Å². The highest BCUT2D eigenvalue weighted by Crippen LogP contribution is 2.28. The van der Waals surface area contributed by atoms with E-state index in [2.05, 4.69) is 29.6 Å². The van der Waals surface area contributed by atoms with Crippen LogP contribution >= 0.6 is 0 Å². The van der Waals surface area contributed by atoms with Gasteiger partial charge in [-0.2, -0.15) is 0 Å². The fourth-order valence-electron chi connectivity index (χ4n) is 2.68. The number of carbonyl (C=O) groups is 1. The molecule has 2 aliphatic rings. The van der Waals surface area contributed by atoms with Gasteiger partial charge in [-0.05, 0) is 12.0 Å². The molecule has 0 spiro atoms. The van der Waals surface area contributed by atoms with Crippen molar-refractivity contribution in [2.24, 2.45) is 5.92 Å². The standard InChI is InChI=1S/C14H18N2O/c17-14(13-8-15-9-13)16-7-6-12(10-16)11-4-2-1-3-5-11/h1-5,12-13,15H,6-10H2. The first-order valence-electron chi connectivity index (χ1n) is 6.39. The maximum absolute atomic E-state index is 12.1. The number of nitrogens with one attached hydrogen (secondary N) is 1. The van der Waals surface area contributed by atoms with Crippen molar-refractivity contribution >= 4 is 5.91 Å². The van der Waals surface area contributed by atoms with Gasteiger partial charge < -0.3 is 10.2 Å². The highest BCUT2D eigenvalue weighted by Gasteiger charge is 2.33. The van der Waals surface area contributed by atoms with E-state index in [9.17, 15) is 4.79 Å². The monoisotopic (exact) mass is 230 g/mol. The maximum Gasteiger partial charge on any atom is 0.228 e. The molecule has 2 saturated heterocycles. The molecule has 0 bridgehead atoms. The Morgan fingerprint density at radius 2 is 2.00 bits per heavy atom. The minimum atomic E-state index is 0.240. The smallest absolute Gasteiger partial charge is 0.228 e. The second-order valence-electron chi connectivity index (χ2n) is 5.04. The molecule has 3 nitrogen and oxygen atoms in total. The molecule has 1 unspecified atom stereocenters. The van der Waals surface area contributed by atoms with Gasteiger partial charge in [0.25, 0.3) is 0 Å². The van der Waals surface area contributed by atoms with E-state index in [1.54, 1.807) is 0 Å². The lowest BCUT2D eigenvalue weighted by molar-refractivity contribution is -0.136. The summed E-state index contributed by atoms with van der Waals surface area (Å²) in [6.07, 6.45) is 1.11. The third-order valence-electron chi connectivity index (χ3n) is 3.90. The third-order valence-corrected chi connectivity index (χ3v) is 3.90. The van der Waals surface area contributed by atoms with Gasteiger partial charge in [-0.1, -0.05) is 30.3 Å². The summed E-state index contributed by atoms with van der Waals surface area (Å²) >= 11 is 0. The molecule has 3 rings (SSSR count). The Kier molecular flexibility index (Phi) is 2.85. The molecule has 0 saturated carbocycles. The van der Waals surface area contributed by atoms with E-state index in [1.165, 1.54) is 5.56 Å². The fraction of sp³-hybridized carbons (Fsp3) is 0.500. The topological polar surface area (TPSA) is 32.3 Å². The Bertz CT molecular complexity index is 400. The molecule has 0 aromatic heterocycles. The summed E-state index contributed by atoms with van der Waals surface area (Å²) in [5.74, 6) is 1.12. The summed E-state index contributed by atoms with van der Waals surface area (Å²) in [4.78, 5) is 14.1. The van der Waals surface area contributed by atoms with Gasteiger partial charge in [0.2, 0.25) is 5.91 Å². The Hall–Kier alpha value is -1.35. The van der Waals surface area contributed by atoms with Crippen molar-refractivity contribution in [2.45, 2.75) is 12.3 Å². The molecule has 2 aliphatic heterocycles. The van der Waals surface area contributed by atoms with Crippen LogP contribution in [0.3, 0.4) is 0 Å². The molecule has 1 atom stereocenters. The van der Waals surface area contributed by atoms with E-state index in [0.717, 1.165) is 32.6 Å². The number of carbonyl (C=O) groups excluding carboxylic acids is 1. The van der Waals surface area contributed by atoms with Gasteiger partial charge in [0.05, 0.1) is 5.92 Å². The van der Waals surface area contributed by atoms with Crippen molar-refractivity contribution in [1.29, 1.82) is 0 Å². The average molecular weight is 230 g/mol. The Morgan fingerprint density at radius 1 is 1.24 bits per heavy atom. The van der Waals surface area contributed by atoms with Gasteiger partial charge in [0, 0.05) is 32.1 Å². The van der Waals surface area contributed by atoms with E-state index in [1.807, 2.05) is 11.0 Å². The van der Waals surface area contributed by atoms with Crippen LogP contribution in [0, 0.1) is 5.92 Å². The molecule has 90 valence electrons. The summed E-state index contributed by atoms with van der Waals surface area (Å²) in [5, 5.41) is 3.16. The SMILES string of the molecule is O=C(C1CNC1)N1CCC(c2ccccc2)C1. The van der Waals surface area contributed by atoms with Crippen molar-refractivity contribution in [3.63, 3.8) is 0 Å². The zero-order chi connectivity index (χ0) is 11.7. The Labute approximate surface area is 102 Å². The lowest BCUT2D eigenvalue weighted by Gasteiger charge is -2.30. The first kappa shape index (κ1) is 10.8. The zero-order valence-corrected chi connectivity index (χ0v) is 9.93. The number of hydrogen-bond donors (Lipinski definition) is 1. The van der Waals surface area contributed by atoms with Gasteiger partial charge in [-0.25, -0.2) is 0 Å². The first-order valence-corrected chi connectivity index (χ1v) is 6.39. The number of hydrogen-bond acceptors (Lipinski definition) is 2. The third kappa shape index (κ3) is 2.07. The minimum absolute atomic E-state index is 0.240. The molecule has 1 N–H and O–H groups in total. The molecule has 0 radical (unpaired) electrons. The van der Waals surface area contributed by atoms with E-state index in [-0.39, 0.29) is 5.92 Å². The molecule has 1 aromatic carbocycles. The summed E-state index contributed by atoms with van der Waals surface area (Å²) in [5.41, 5.74) is 1.37. The van der Waals surface area contributed by atoms with Crippen molar-refractivity contribution in [2.75, 3.05) is 26.2 Å². The van der Waals surface area contributed by atoms with E-state index in [0.29, 0.717) is 11.8 Å². The quantitative estimate of drug-likeness (QED) is 0.828. The van der Waals surface area contributed by atoms with Crippen LogP contribution in [-0.4, -0.2) is 37.0 Å². The fourth-order valence-corrected chi connectivity index (χ4v) is 2.68. The van der Waals surface area contributed by atoms with Gasteiger partial charge in [0.1, 0.15) is 0 Å². The maximum atomic E-state index is 12.1. The van der Waals surface area contributed by atoms with Crippen LogP contribution < -0.4 is 5.32 Å². The van der Waals surface area contributed by atoms with Crippen LogP contribution in [0.4, 0.5) is 0 Å². The molecular formula is C14H18N2O. The van der Waals surface area contributed by atoms with E-state index >= 15 is 0 Å². The summed E-state index contributed by atoms with van der Waals surface area (Å²) in [6, 6.07) is 10.5. The number of amides is 1. The summed E-state index contributed by atoms with van der Waals surface area (Å²) in [6.45, 7) is 3.56. The lowest BCUT2D eigenvalue weighted by atomic mass is 9.98. The van der Waals surface area contributed by atoms with Crippen LogP contribution in [0.1, 0.15) is 17.9 Å². The number of likely N-dealkylation sites (tertiary alicyclic amines) is 1. The molecule has 0 aliphatic carbocycles. The highest BCUT2D eigenvalue weighted by molar-refractivity contribution is 5.80. The van der Waals surface area contributed by atoms with Gasteiger partial charge in [-0.3, -0.25) is 4.79 Å².